The first-order valence-electron chi connectivity index (χ1n) is 8.04. The highest BCUT2D eigenvalue weighted by molar-refractivity contribution is 5.98. The summed E-state index contributed by atoms with van der Waals surface area (Å²) < 4.78 is 7.05. The molecule has 1 aliphatic rings. The molecular weight excluding hydrogens is 302 g/mol. The number of hydrogen-bond donors (Lipinski definition) is 0. The molecule has 2 heterocycles. The van der Waals surface area contributed by atoms with Crippen molar-refractivity contribution in [1.82, 2.24) is 14.7 Å². The molecule has 4 rings (SSSR count). The Kier molecular flexibility index (Phi) is 3.49. The Bertz CT molecular complexity index is 930. The summed E-state index contributed by atoms with van der Waals surface area (Å²) in [6.45, 7) is 1.41. The molecule has 0 atom stereocenters. The number of aryl methyl sites for hydroxylation is 1. The van der Waals surface area contributed by atoms with Crippen LogP contribution in [-0.2, 0) is 20.0 Å². The molecule has 0 spiro atoms. The predicted molar refractivity (Wildman–Crippen MR) is 92.2 cm³/mol. The Balaban J connectivity index is 1.64. The van der Waals surface area contributed by atoms with Crippen LogP contribution >= 0.6 is 0 Å². The third-order valence-corrected chi connectivity index (χ3v) is 4.64. The van der Waals surface area contributed by atoms with E-state index in [1.165, 1.54) is 11.1 Å². The number of ether oxygens (including phenoxy) is 1. The molecule has 0 saturated carbocycles. The van der Waals surface area contributed by atoms with Crippen LogP contribution in [0.15, 0.2) is 42.5 Å². The van der Waals surface area contributed by atoms with Crippen molar-refractivity contribution >= 4 is 16.8 Å². The molecule has 24 heavy (non-hydrogen) atoms. The number of rotatable bonds is 2. The molecule has 0 N–H and O–H groups in total. The van der Waals surface area contributed by atoms with Crippen molar-refractivity contribution < 1.29 is 9.53 Å². The molecule has 0 fully saturated rings. The van der Waals surface area contributed by atoms with Crippen molar-refractivity contribution in [3.8, 4) is 5.88 Å². The number of carbonyl (C=O) groups excluding carboxylic acids is 1. The van der Waals surface area contributed by atoms with Crippen LogP contribution in [0.2, 0.25) is 0 Å². The highest BCUT2D eigenvalue weighted by Crippen LogP contribution is 2.26. The maximum Gasteiger partial charge on any atom is 0.254 e. The number of benzene rings is 2. The molecule has 0 aliphatic carbocycles. The number of nitrogens with zero attached hydrogens (tertiary/aromatic N) is 3. The van der Waals surface area contributed by atoms with Crippen LogP contribution in [0.25, 0.3) is 10.9 Å². The summed E-state index contributed by atoms with van der Waals surface area (Å²) in [7, 11) is 3.46. The van der Waals surface area contributed by atoms with E-state index in [0.717, 1.165) is 23.9 Å². The molecule has 1 aliphatic heterocycles. The second kappa shape index (κ2) is 5.67. The van der Waals surface area contributed by atoms with Crippen LogP contribution in [0.4, 0.5) is 0 Å². The van der Waals surface area contributed by atoms with E-state index in [1.54, 1.807) is 11.8 Å². The van der Waals surface area contributed by atoms with Gasteiger partial charge < -0.3 is 9.64 Å². The van der Waals surface area contributed by atoms with Gasteiger partial charge in [0.2, 0.25) is 5.88 Å². The van der Waals surface area contributed by atoms with Gasteiger partial charge in [-0.2, -0.15) is 5.10 Å². The molecule has 0 saturated heterocycles. The van der Waals surface area contributed by atoms with Crippen LogP contribution in [0, 0.1) is 0 Å². The average Bonchev–Trinajstić information content (AvgIpc) is 2.94. The first-order valence-corrected chi connectivity index (χ1v) is 8.04. The fourth-order valence-corrected chi connectivity index (χ4v) is 3.40. The second-order valence-corrected chi connectivity index (χ2v) is 6.11. The van der Waals surface area contributed by atoms with E-state index in [2.05, 4.69) is 23.3 Å². The Hall–Kier alpha value is -2.82. The van der Waals surface area contributed by atoms with Gasteiger partial charge in [-0.05, 0) is 35.7 Å². The Labute approximate surface area is 140 Å². The summed E-state index contributed by atoms with van der Waals surface area (Å²) in [6.07, 6.45) is 0.904. The standard InChI is InChI=1S/C19H19N3O2/c1-21-19(24-2)16-8-7-14(11-17(16)20-21)18(23)22-10-9-13-5-3-4-6-15(13)12-22/h3-8,11H,9-10,12H2,1-2H3. The molecule has 0 unspecified atom stereocenters. The topological polar surface area (TPSA) is 47.4 Å². The highest BCUT2D eigenvalue weighted by Gasteiger charge is 2.22. The fourth-order valence-electron chi connectivity index (χ4n) is 3.40. The average molecular weight is 321 g/mol. The summed E-state index contributed by atoms with van der Waals surface area (Å²) in [5.41, 5.74) is 4.02. The van der Waals surface area contributed by atoms with Crippen molar-refractivity contribution in [2.45, 2.75) is 13.0 Å². The van der Waals surface area contributed by atoms with Crippen molar-refractivity contribution in [3.63, 3.8) is 0 Å². The minimum absolute atomic E-state index is 0.0519. The Morgan fingerprint density at radius 3 is 2.75 bits per heavy atom. The van der Waals surface area contributed by atoms with Gasteiger partial charge in [-0.25, -0.2) is 4.68 Å². The van der Waals surface area contributed by atoms with Crippen molar-refractivity contribution in [1.29, 1.82) is 0 Å². The lowest BCUT2D eigenvalue weighted by Crippen LogP contribution is -2.35. The lowest BCUT2D eigenvalue weighted by atomic mass is 9.99. The second-order valence-electron chi connectivity index (χ2n) is 6.11. The molecule has 0 bridgehead atoms. The summed E-state index contributed by atoms with van der Waals surface area (Å²) in [5, 5.41) is 5.35. The molecule has 0 radical (unpaired) electrons. The van der Waals surface area contributed by atoms with Crippen molar-refractivity contribution in [3.05, 3.63) is 59.2 Å². The van der Waals surface area contributed by atoms with Gasteiger partial charge in [-0.1, -0.05) is 24.3 Å². The van der Waals surface area contributed by atoms with Crippen LogP contribution in [0.3, 0.4) is 0 Å². The number of methoxy groups -OCH3 is 1. The zero-order valence-corrected chi connectivity index (χ0v) is 13.8. The monoisotopic (exact) mass is 321 g/mol. The van der Waals surface area contributed by atoms with Gasteiger partial charge in [0, 0.05) is 25.7 Å². The van der Waals surface area contributed by atoms with Gasteiger partial charge in [0.15, 0.2) is 0 Å². The third kappa shape index (κ3) is 2.33. The van der Waals surface area contributed by atoms with Gasteiger partial charge in [0.05, 0.1) is 18.0 Å². The third-order valence-electron chi connectivity index (χ3n) is 4.64. The smallest absolute Gasteiger partial charge is 0.254 e. The lowest BCUT2D eigenvalue weighted by molar-refractivity contribution is 0.0735. The van der Waals surface area contributed by atoms with Gasteiger partial charge in [0.25, 0.3) is 5.91 Å². The number of carbonyl (C=O) groups is 1. The van der Waals surface area contributed by atoms with Crippen LogP contribution < -0.4 is 4.74 Å². The highest BCUT2D eigenvalue weighted by atomic mass is 16.5. The minimum Gasteiger partial charge on any atom is -0.481 e. The maximum atomic E-state index is 12.9. The molecule has 5 nitrogen and oxygen atoms in total. The van der Waals surface area contributed by atoms with E-state index in [-0.39, 0.29) is 5.91 Å². The lowest BCUT2D eigenvalue weighted by Gasteiger charge is -2.29. The molecule has 122 valence electrons. The predicted octanol–water partition coefficient (Wildman–Crippen LogP) is 2.78. The maximum absolute atomic E-state index is 12.9. The van der Waals surface area contributed by atoms with E-state index >= 15 is 0 Å². The largest absolute Gasteiger partial charge is 0.481 e. The zero-order valence-electron chi connectivity index (χ0n) is 13.8. The zero-order chi connectivity index (χ0) is 16.7. The molecule has 1 aromatic heterocycles. The van der Waals surface area contributed by atoms with Gasteiger partial charge in [-0.15, -0.1) is 0 Å². The summed E-state index contributed by atoms with van der Waals surface area (Å²) in [4.78, 5) is 14.8. The molecule has 5 heteroatoms. The van der Waals surface area contributed by atoms with Crippen LogP contribution in [-0.4, -0.2) is 34.2 Å². The van der Waals surface area contributed by atoms with Gasteiger partial charge in [-0.3, -0.25) is 4.79 Å². The number of aromatic nitrogens is 2. The Morgan fingerprint density at radius 2 is 1.96 bits per heavy atom. The first-order chi connectivity index (χ1) is 11.7. The molecule has 3 aromatic rings. The quantitative estimate of drug-likeness (QED) is 0.729. The SMILES string of the molecule is COc1c2ccc(C(=O)N3CCc4ccccc4C3)cc2nn1C. The Morgan fingerprint density at radius 1 is 1.17 bits per heavy atom. The normalized spacial score (nSPS) is 13.8. The molecule has 1 amide bonds. The van der Waals surface area contributed by atoms with E-state index in [0.29, 0.717) is 18.0 Å². The first kappa shape index (κ1) is 14.8. The molecule has 2 aromatic carbocycles. The summed E-state index contributed by atoms with van der Waals surface area (Å²) in [5.74, 6) is 0.756. The van der Waals surface area contributed by atoms with E-state index in [9.17, 15) is 4.79 Å². The van der Waals surface area contributed by atoms with E-state index < -0.39 is 0 Å². The number of hydrogen-bond acceptors (Lipinski definition) is 3. The van der Waals surface area contributed by atoms with Crippen LogP contribution in [0.1, 0.15) is 21.5 Å². The van der Waals surface area contributed by atoms with Crippen LogP contribution in [0.5, 0.6) is 5.88 Å². The fraction of sp³-hybridized carbons (Fsp3) is 0.263. The van der Waals surface area contributed by atoms with Gasteiger partial charge in [0.1, 0.15) is 0 Å². The minimum atomic E-state index is 0.0519. The van der Waals surface area contributed by atoms with Crippen molar-refractivity contribution in [2.24, 2.45) is 7.05 Å². The van der Waals surface area contributed by atoms with E-state index in [1.807, 2.05) is 36.2 Å². The van der Waals surface area contributed by atoms with E-state index in [4.69, 9.17) is 4.74 Å². The molecular formula is C19H19N3O2. The number of amides is 1. The summed E-state index contributed by atoms with van der Waals surface area (Å²) >= 11 is 0. The van der Waals surface area contributed by atoms with Crippen molar-refractivity contribution in [2.75, 3.05) is 13.7 Å². The summed E-state index contributed by atoms with van der Waals surface area (Å²) in [6, 6.07) is 13.9. The van der Waals surface area contributed by atoms with Gasteiger partial charge >= 0.3 is 0 Å². The number of fused-ring (bicyclic) bond motifs is 2.